The third-order valence-corrected chi connectivity index (χ3v) is 13.4. The highest BCUT2D eigenvalue weighted by Crippen LogP contribution is 2.63. The zero-order valence-corrected chi connectivity index (χ0v) is 24.2. The van der Waals surface area contributed by atoms with Crippen molar-refractivity contribution in [3.8, 4) is 33.4 Å². The van der Waals surface area contributed by atoms with Gasteiger partial charge in [-0.2, -0.15) is 0 Å². The van der Waals surface area contributed by atoms with Crippen molar-refractivity contribution in [2.24, 2.45) is 0 Å². The van der Waals surface area contributed by atoms with Crippen molar-refractivity contribution in [1.29, 1.82) is 0 Å². The van der Waals surface area contributed by atoms with Gasteiger partial charge >= 0.3 is 0 Å². The molecule has 1 nitrogen and oxygen atoms in total. The van der Waals surface area contributed by atoms with E-state index >= 15 is 0 Å². The minimum atomic E-state index is -1.68. The lowest BCUT2D eigenvalue weighted by molar-refractivity contribution is 0.794. The lowest BCUT2D eigenvalue weighted by atomic mass is 9.70. The second-order valence-corrected chi connectivity index (χ2v) is 16.5. The fourth-order valence-corrected chi connectivity index (χ4v) is 11.3. The van der Waals surface area contributed by atoms with Gasteiger partial charge in [0.1, 0.15) is 8.07 Å². The largest absolute Gasteiger partial charge is 0.355 e. The van der Waals surface area contributed by atoms with Crippen LogP contribution >= 0.6 is 0 Å². The summed E-state index contributed by atoms with van der Waals surface area (Å²) in [6, 6.07) is 49.9. The van der Waals surface area contributed by atoms with Gasteiger partial charge in [-0.25, -0.2) is 0 Å². The molecule has 6 aromatic carbocycles. The van der Waals surface area contributed by atoms with Crippen LogP contribution in [-0.4, -0.2) is 8.07 Å². The first-order valence-electron chi connectivity index (χ1n) is 14.5. The summed E-state index contributed by atoms with van der Waals surface area (Å²) in [4.78, 5) is 0. The van der Waals surface area contributed by atoms with Gasteiger partial charge in [-0.05, 0) is 78.6 Å². The van der Waals surface area contributed by atoms with Crippen LogP contribution in [0.1, 0.15) is 22.3 Å². The van der Waals surface area contributed by atoms with E-state index in [9.17, 15) is 0 Å². The Kier molecular flexibility index (Phi) is 4.48. The molecule has 1 heterocycles. The van der Waals surface area contributed by atoms with Crippen molar-refractivity contribution < 1.29 is 0 Å². The molecule has 0 saturated heterocycles. The van der Waals surface area contributed by atoms with Crippen molar-refractivity contribution >= 4 is 29.8 Å². The molecule has 9 rings (SSSR count). The van der Waals surface area contributed by atoms with E-state index in [0.29, 0.717) is 0 Å². The molecule has 0 atom stereocenters. The molecule has 41 heavy (non-hydrogen) atoms. The zero-order valence-electron chi connectivity index (χ0n) is 23.2. The third kappa shape index (κ3) is 2.80. The average Bonchev–Trinajstić information content (AvgIpc) is 3.57. The number of hydrogen-bond donors (Lipinski definition) is 1. The summed E-state index contributed by atoms with van der Waals surface area (Å²) in [6.45, 7) is 4.95. The van der Waals surface area contributed by atoms with E-state index in [1.165, 1.54) is 60.8 Å². The summed E-state index contributed by atoms with van der Waals surface area (Å²) >= 11 is 0. The summed E-state index contributed by atoms with van der Waals surface area (Å²) < 4.78 is 0. The van der Waals surface area contributed by atoms with Gasteiger partial charge in [-0.1, -0.05) is 128 Å². The van der Waals surface area contributed by atoms with Gasteiger partial charge in [-0.15, -0.1) is 0 Å². The lowest BCUT2D eigenvalue weighted by Crippen LogP contribution is -2.49. The standard InChI is InChI=1S/C39H29NSi/c1-41(2)36-21-10-6-14-28(36)30-24-25(22-23-37(30)41)40-35-20-11-19-34-38(35)29-15-5-9-18-33(29)39(34)31-16-7-3-12-26(31)27-13-4-8-17-32(27)39/h3-24,40H,1-2H3. The monoisotopic (exact) mass is 539 g/mol. The molecule has 1 aliphatic heterocycles. The van der Waals surface area contributed by atoms with Gasteiger partial charge in [0.25, 0.3) is 0 Å². The van der Waals surface area contributed by atoms with E-state index in [4.69, 9.17) is 0 Å². The Morgan fingerprint density at radius 3 is 1.71 bits per heavy atom. The highest BCUT2D eigenvalue weighted by Gasteiger charge is 2.52. The van der Waals surface area contributed by atoms with Crippen molar-refractivity contribution in [3.63, 3.8) is 0 Å². The topological polar surface area (TPSA) is 12.0 Å². The Morgan fingerprint density at radius 1 is 0.463 bits per heavy atom. The Morgan fingerprint density at radius 2 is 1.00 bits per heavy atom. The quantitative estimate of drug-likeness (QED) is 0.217. The highest BCUT2D eigenvalue weighted by atomic mass is 28.3. The summed E-state index contributed by atoms with van der Waals surface area (Å²) in [6.07, 6.45) is 0. The van der Waals surface area contributed by atoms with E-state index in [2.05, 4.69) is 152 Å². The van der Waals surface area contributed by atoms with Crippen LogP contribution in [0.4, 0.5) is 11.4 Å². The van der Waals surface area contributed by atoms with E-state index in [1.807, 2.05) is 0 Å². The molecule has 0 saturated carbocycles. The summed E-state index contributed by atoms with van der Waals surface area (Å²) in [7, 11) is -1.68. The Bertz CT molecular complexity index is 2020. The smallest absolute Gasteiger partial charge is 0.113 e. The molecule has 6 aromatic rings. The molecule has 0 unspecified atom stereocenters. The van der Waals surface area contributed by atoms with E-state index in [-0.39, 0.29) is 5.41 Å². The number of benzene rings is 6. The molecule has 0 bridgehead atoms. The zero-order chi connectivity index (χ0) is 27.3. The van der Waals surface area contributed by atoms with E-state index < -0.39 is 8.07 Å². The van der Waals surface area contributed by atoms with Gasteiger partial charge in [0.15, 0.2) is 0 Å². The van der Waals surface area contributed by atoms with Gasteiger partial charge in [0.05, 0.1) is 5.41 Å². The number of rotatable bonds is 2. The van der Waals surface area contributed by atoms with Crippen LogP contribution in [0.15, 0.2) is 133 Å². The molecule has 0 fully saturated rings. The molecule has 194 valence electrons. The fraction of sp³-hybridized carbons (Fsp3) is 0.0769. The number of fused-ring (bicyclic) bond motifs is 13. The molecule has 2 heteroatoms. The maximum atomic E-state index is 3.90. The van der Waals surface area contributed by atoms with Crippen LogP contribution in [0.25, 0.3) is 33.4 Å². The maximum absolute atomic E-state index is 3.90. The molecule has 0 aromatic heterocycles. The third-order valence-electron chi connectivity index (χ3n) is 9.88. The van der Waals surface area contributed by atoms with Gasteiger partial charge in [0, 0.05) is 16.9 Å². The first kappa shape index (κ1) is 23.1. The SMILES string of the molecule is C[Si]1(C)c2ccccc2-c2cc(Nc3cccc4c3-c3ccccc3C43c4ccccc4-c4ccccc43)ccc21. The molecular formula is C39H29NSi. The van der Waals surface area contributed by atoms with Crippen LogP contribution < -0.4 is 15.7 Å². The van der Waals surface area contributed by atoms with Crippen molar-refractivity contribution in [2.45, 2.75) is 18.5 Å². The van der Waals surface area contributed by atoms with Crippen molar-refractivity contribution in [2.75, 3.05) is 5.32 Å². The Balaban J connectivity index is 1.26. The van der Waals surface area contributed by atoms with Crippen molar-refractivity contribution in [1.82, 2.24) is 0 Å². The lowest BCUT2D eigenvalue weighted by Gasteiger charge is -2.30. The molecule has 3 aliphatic rings. The first-order chi connectivity index (χ1) is 20.1. The second-order valence-electron chi connectivity index (χ2n) is 12.2. The minimum absolute atomic E-state index is 0.316. The molecule has 1 N–H and O–H groups in total. The van der Waals surface area contributed by atoms with Gasteiger partial charge < -0.3 is 5.32 Å². The van der Waals surface area contributed by atoms with Crippen LogP contribution in [0, 0.1) is 0 Å². The maximum Gasteiger partial charge on any atom is 0.113 e. The molecule has 0 radical (unpaired) electrons. The molecule has 0 amide bonds. The fourth-order valence-electron chi connectivity index (χ4n) is 8.20. The molecule has 1 spiro atoms. The normalized spacial score (nSPS) is 15.5. The summed E-state index contributed by atoms with van der Waals surface area (Å²) in [5.41, 5.74) is 15.6. The second kappa shape index (κ2) is 7.96. The van der Waals surface area contributed by atoms with Gasteiger partial charge in [0.2, 0.25) is 0 Å². The molecular weight excluding hydrogens is 511 g/mol. The van der Waals surface area contributed by atoms with Crippen LogP contribution in [0.2, 0.25) is 13.1 Å². The number of nitrogens with one attached hydrogen (secondary N) is 1. The average molecular weight is 540 g/mol. The van der Waals surface area contributed by atoms with Crippen LogP contribution in [0.3, 0.4) is 0 Å². The highest BCUT2D eigenvalue weighted by molar-refractivity contribution is 7.03. The van der Waals surface area contributed by atoms with E-state index in [1.54, 1.807) is 5.19 Å². The van der Waals surface area contributed by atoms with Crippen LogP contribution in [-0.2, 0) is 5.41 Å². The van der Waals surface area contributed by atoms with Crippen molar-refractivity contribution in [3.05, 3.63) is 156 Å². The molecule has 2 aliphatic carbocycles. The number of anilines is 2. The summed E-state index contributed by atoms with van der Waals surface area (Å²) in [5, 5.41) is 6.98. The van der Waals surface area contributed by atoms with Gasteiger partial charge in [-0.3, -0.25) is 0 Å². The first-order valence-corrected chi connectivity index (χ1v) is 17.5. The Hall–Kier alpha value is -4.66. The Labute approximate surface area is 242 Å². The summed E-state index contributed by atoms with van der Waals surface area (Å²) in [5.74, 6) is 0. The van der Waals surface area contributed by atoms with Crippen LogP contribution in [0.5, 0.6) is 0 Å². The predicted molar refractivity (Wildman–Crippen MR) is 175 cm³/mol. The predicted octanol–water partition coefficient (Wildman–Crippen LogP) is 8.58. The minimum Gasteiger partial charge on any atom is -0.355 e. The number of hydrogen-bond acceptors (Lipinski definition) is 1. The van der Waals surface area contributed by atoms with E-state index in [0.717, 1.165) is 11.4 Å².